The van der Waals surface area contributed by atoms with Crippen molar-refractivity contribution >= 4 is 23.3 Å². The van der Waals surface area contributed by atoms with Gasteiger partial charge in [0, 0.05) is 6.54 Å². The van der Waals surface area contributed by atoms with E-state index < -0.39 is 0 Å². The van der Waals surface area contributed by atoms with E-state index in [0.29, 0.717) is 11.4 Å². The monoisotopic (exact) mass is 229 g/mol. The average Bonchev–Trinajstić information content (AvgIpc) is 2.77. The third kappa shape index (κ3) is 2.88. The fraction of sp³-hybridized carbons (Fsp3) is 0.429. The zero-order chi connectivity index (χ0) is 11.3. The number of amides is 1. The third-order valence-corrected chi connectivity index (χ3v) is 2.37. The first-order chi connectivity index (χ1) is 7.19. The molecule has 1 amide bonds. The van der Waals surface area contributed by atoms with E-state index in [9.17, 15) is 4.79 Å². The summed E-state index contributed by atoms with van der Waals surface area (Å²) in [6, 6.07) is 0. The zero-order valence-corrected chi connectivity index (χ0v) is 8.94. The van der Waals surface area contributed by atoms with Gasteiger partial charge in [-0.05, 0) is 18.5 Å². The largest absolute Gasteiger partial charge is 0.409 e. The molecule has 15 heavy (non-hydrogen) atoms. The van der Waals surface area contributed by atoms with Gasteiger partial charge in [0.05, 0.1) is 12.7 Å². The Morgan fingerprint density at radius 3 is 3.00 bits per heavy atom. The highest BCUT2D eigenvalue weighted by atomic mass is 32.1. The lowest BCUT2D eigenvalue weighted by molar-refractivity contribution is 0.0790. The molecule has 1 aromatic rings. The molecular weight excluding hydrogens is 218 g/mol. The molecule has 0 spiro atoms. The quantitative estimate of drug-likeness (QED) is 0.320. The van der Waals surface area contributed by atoms with Crippen LogP contribution in [0.1, 0.15) is 16.6 Å². The van der Waals surface area contributed by atoms with E-state index in [1.165, 1.54) is 11.1 Å². The Hall–Kier alpha value is -1.70. The second-order valence-electron chi connectivity index (χ2n) is 2.69. The van der Waals surface area contributed by atoms with Crippen LogP contribution in [0.15, 0.2) is 11.4 Å². The molecule has 1 aromatic heterocycles. The van der Waals surface area contributed by atoms with Gasteiger partial charge in [0.1, 0.15) is 4.88 Å². The number of carbonyl (C=O) groups is 1. The molecule has 0 aliphatic carbocycles. The molecule has 8 heteroatoms. The summed E-state index contributed by atoms with van der Waals surface area (Å²) < 4.78 is 3.59. The molecule has 0 unspecified atom stereocenters. The maximum absolute atomic E-state index is 11.8. The number of aromatic nitrogens is 2. The molecule has 0 bridgehead atoms. The summed E-state index contributed by atoms with van der Waals surface area (Å²) in [4.78, 5) is 13.6. The topological polar surface area (TPSA) is 105 Å². The van der Waals surface area contributed by atoms with Crippen LogP contribution >= 0.6 is 11.5 Å². The summed E-state index contributed by atoms with van der Waals surface area (Å²) in [5.74, 6) is -0.234. The van der Waals surface area contributed by atoms with Crippen molar-refractivity contribution in [3.8, 4) is 0 Å². The van der Waals surface area contributed by atoms with E-state index in [1.807, 2.05) is 0 Å². The van der Waals surface area contributed by atoms with Crippen LogP contribution in [-0.4, -0.2) is 44.5 Å². The van der Waals surface area contributed by atoms with Crippen LogP contribution in [0.2, 0.25) is 0 Å². The van der Waals surface area contributed by atoms with Gasteiger partial charge < -0.3 is 15.8 Å². The van der Waals surface area contributed by atoms with Crippen molar-refractivity contribution in [3.05, 3.63) is 11.1 Å². The Labute approximate surface area is 90.4 Å². The molecule has 3 N–H and O–H groups in total. The number of nitrogens with two attached hydrogens (primary N) is 1. The normalized spacial score (nSPS) is 11.4. The van der Waals surface area contributed by atoms with E-state index in [2.05, 4.69) is 14.7 Å². The van der Waals surface area contributed by atoms with E-state index in [4.69, 9.17) is 10.9 Å². The van der Waals surface area contributed by atoms with Crippen molar-refractivity contribution < 1.29 is 10.0 Å². The number of amidine groups is 1. The average molecular weight is 229 g/mol. The molecule has 0 aliphatic heterocycles. The standard InChI is InChI=1S/C7H11N5O2S/c1-2-12(4-6(8)10-14)7(13)5-3-9-11-15-5/h3,14H,2,4H2,1H3,(H2,8,10). The first-order valence-corrected chi connectivity index (χ1v) is 4.99. The van der Waals surface area contributed by atoms with E-state index in [1.54, 1.807) is 6.92 Å². The smallest absolute Gasteiger partial charge is 0.267 e. The number of nitrogens with zero attached hydrogens (tertiary/aromatic N) is 4. The predicted molar refractivity (Wildman–Crippen MR) is 54.9 cm³/mol. The van der Waals surface area contributed by atoms with Gasteiger partial charge in [-0.1, -0.05) is 9.64 Å². The fourth-order valence-electron chi connectivity index (χ4n) is 0.972. The van der Waals surface area contributed by atoms with Crippen molar-refractivity contribution in [2.45, 2.75) is 6.92 Å². The van der Waals surface area contributed by atoms with Gasteiger partial charge >= 0.3 is 0 Å². The van der Waals surface area contributed by atoms with Crippen molar-refractivity contribution in [2.24, 2.45) is 10.9 Å². The molecule has 0 radical (unpaired) electrons. The Morgan fingerprint density at radius 1 is 1.80 bits per heavy atom. The summed E-state index contributed by atoms with van der Waals surface area (Å²) in [6.07, 6.45) is 1.39. The lowest BCUT2D eigenvalue weighted by Crippen LogP contribution is -2.38. The minimum Gasteiger partial charge on any atom is -0.409 e. The second kappa shape index (κ2) is 5.25. The van der Waals surface area contributed by atoms with Crippen LogP contribution in [0.25, 0.3) is 0 Å². The fourth-order valence-corrected chi connectivity index (χ4v) is 1.46. The van der Waals surface area contributed by atoms with Gasteiger partial charge in [-0.3, -0.25) is 4.79 Å². The third-order valence-electron chi connectivity index (χ3n) is 1.72. The summed E-state index contributed by atoms with van der Waals surface area (Å²) in [5.41, 5.74) is 5.32. The molecule has 1 heterocycles. The predicted octanol–water partition coefficient (Wildman–Crippen LogP) is -0.253. The van der Waals surface area contributed by atoms with Gasteiger partial charge in [0.15, 0.2) is 5.84 Å². The Balaban J connectivity index is 2.71. The number of likely N-dealkylation sites (N-methyl/N-ethyl adjacent to an activating group) is 1. The van der Waals surface area contributed by atoms with Crippen molar-refractivity contribution in [1.82, 2.24) is 14.5 Å². The molecule has 82 valence electrons. The van der Waals surface area contributed by atoms with Crippen LogP contribution in [0.3, 0.4) is 0 Å². The van der Waals surface area contributed by atoms with E-state index in [-0.39, 0.29) is 18.3 Å². The van der Waals surface area contributed by atoms with E-state index >= 15 is 0 Å². The maximum atomic E-state index is 11.8. The molecular formula is C7H11N5O2S. The number of rotatable bonds is 4. The molecule has 0 fully saturated rings. The maximum Gasteiger partial charge on any atom is 0.267 e. The Kier molecular flexibility index (Phi) is 3.98. The molecule has 0 saturated heterocycles. The first-order valence-electron chi connectivity index (χ1n) is 4.22. The van der Waals surface area contributed by atoms with E-state index in [0.717, 1.165) is 11.5 Å². The highest BCUT2D eigenvalue weighted by Crippen LogP contribution is 2.06. The molecule has 7 nitrogen and oxygen atoms in total. The van der Waals surface area contributed by atoms with Crippen molar-refractivity contribution in [1.29, 1.82) is 0 Å². The first kappa shape index (κ1) is 11.4. The van der Waals surface area contributed by atoms with Crippen molar-refractivity contribution in [3.63, 3.8) is 0 Å². The molecule has 0 atom stereocenters. The Bertz CT molecular complexity index is 350. The van der Waals surface area contributed by atoms with Crippen LogP contribution in [0.4, 0.5) is 0 Å². The van der Waals surface area contributed by atoms with Crippen LogP contribution in [-0.2, 0) is 0 Å². The minimum atomic E-state index is -0.223. The zero-order valence-electron chi connectivity index (χ0n) is 8.12. The van der Waals surface area contributed by atoms with Gasteiger partial charge in [0.2, 0.25) is 0 Å². The summed E-state index contributed by atoms with van der Waals surface area (Å²) in [7, 11) is 0. The van der Waals surface area contributed by atoms with Gasteiger partial charge in [-0.15, -0.1) is 5.10 Å². The molecule has 1 rings (SSSR count). The molecule has 0 aromatic carbocycles. The van der Waals surface area contributed by atoms with Crippen LogP contribution < -0.4 is 5.73 Å². The molecule has 0 saturated carbocycles. The summed E-state index contributed by atoms with van der Waals surface area (Å²) >= 11 is 1.01. The second-order valence-corrected chi connectivity index (χ2v) is 3.48. The van der Waals surface area contributed by atoms with Gasteiger partial charge in [0.25, 0.3) is 5.91 Å². The summed E-state index contributed by atoms with van der Waals surface area (Å²) in [5, 5.41) is 14.8. The number of hydrogen-bond acceptors (Lipinski definition) is 6. The Morgan fingerprint density at radius 2 is 2.53 bits per heavy atom. The highest BCUT2D eigenvalue weighted by Gasteiger charge is 2.17. The highest BCUT2D eigenvalue weighted by molar-refractivity contribution is 7.07. The number of carbonyl (C=O) groups excluding carboxylic acids is 1. The number of oxime groups is 1. The van der Waals surface area contributed by atoms with Gasteiger partial charge in [-0.25, -0.2) is 0 Å². The molecule has 0 aliphatic rings. The SMILES string of the molecule is CCN(CC(N)=NO)C(=O)c1cnns1. The van der Waals surface area contributed by atoms with Crippen LogP contribution in [0, 0.1) is 0 Å². The van der Waals surface area contributed by atoms with Crippen LogP contribution in [0.5, 0.6) is 0 Å². The number of hydrogen-bond donors (Lipinski definition) is 2. The minimum absolute atomic E-state index is 0.0114. The van der Waals surface area contributed by atoms with Gasteiger partial charge in [-0.2, -0.15) is 0 Å². The lowest BCUT2D eigenvalue weighted by atomic mass is 10.4. The van der Waals surface area contributed by atoms with Crippen molar-refractivity contribution in [2.75, 3.05) is 13.1 Å². The summed E-state index contributed by atoms with van der Waals surface area (Å²) in [6.45, 7) is 2.35. The lowest BCUT2D eigenvalue weighted by Gasteiger charge is -2.18.